The first-order valence-corrected chi connectivity index (χ1v) is 6.89. The summed E-state index contributed by atoms with van der Waals surface area (Å²) < 4.78 is 5.28. The fourth-order valence-corrected chi connectivity index (χ4v) is 3.08. The second-order valence-electron chi connectivity index (χ2n) is 6.39. The van der Waals surface area contributed by atoms with E-state index in [0.29, 0.717) is 17.4 Å². The van der Waals surface area contributed by atoms with Crippen LogP contribution in [0.2, 0.25) is 0 Å². The van der Waals surface area contributed by atoms with Crippen LogP contribution in [0.4, 0.5) is 0 Å². The van der Waals surface area contributed by atoms with E-state index in [4.69, 9.17) is 10.5 Å². The molecule has 1 aromatic rings. The van der Waals surface area contributed by atoms with Gasteiger partial charge in [-0.2, -0.15) is 0 Å². The molecule has 0 saturated heterocycles. The molecule has 2 nitrogen and oxygen atoms in total. The normalized spacial score (nSPS) is 26.9. The molecule has 2 atom stereocenters. The molecule has 1 aliphatic rings. The molecule has 100 valence electrons. The molecule has 2 unspecified atom stereocenters. The molecule has 1 saturated carbocycles. The minimum absolute atomic E-state index is 0.351. The van der Waals surface area contributed by atoms with E-state index < -0.39 is 0 Å². The zero-order valence-electron chi connectivity index (χ0n) is 11.8. The zero-order valence-corrected chi connectivity index (χ0v) is 11.8. The summed E-state index contributed by atoms with van der Waals surface area (Å²) in [5.74, 6) is 1.54. The van der Waals surface area contributed by atoms with Crippen LogP contribution in [0, 0.1) is 11.3 Å². The Balaban J connectivity index is 2.07. The van der Waals surface area contributed by atoms with Crippen molar-refractivity contribution in [2.24, 2.45) is 17.1 Å². The van der Waals surface area contributed by atoms with Gasteiger partial charge in [-0.1, -0.05) is 26.0 Å². The summed E-state index contributed by atoms with van der Waals surface area (Å²) in [6, 6.07) is 8.72. The Morgan fingerprint density at radius 1 is 1.39 bits per heavy atom. The van der Waals surface area contributed by atoms with Crippen molar-refractivity contribution < 1.29 is 4.74 Å². The number of rotatable bonds is 3. The van der Waals surface area contributed by atoms with Gasteiger partial charge in [-0.25, -0.2) is 0 Å². The molecule has 2 rings (SSSR count). The van der Waals surface area contributed by atoms with Crippen molar-refractivity contribution in [1.82, 2.24) is 0 Å². The van der Waals surface area contributed by atoms with E-state index in [9.17, 15) is 0 Å². The molecule has 0 radical (unpaired) electrons. The summed E-state index contributed by atoms with van der Waals surface area (Å²) in [5, 5.41) is 0. The van der Waals surface area contributed by atoms with Crippen LogP contribution >= 0.6 is 0 Å². The third-order valence-electron chi connectivity index (χ3n) is 4.21. The smallest absolute Gasteiger partial charge is 0.119 e. The minimum Gasteiger partial charge on any atom is -0.497 e. The molecular formula is C16H25NO. The Morgan fingerprint density at radius 3 is 2.89 bits per heavy atom. The molecule has 18 heavy (non-hydrogen) atoms. The molecule has 0 aromatic heterocycles. The minimum atomic E-state index is 0.351. The number of nitrogens with two attached hydrogens (primary N) is 1. The average molecular weight is 247 g/mol. The first kappa shape index (κ1) is 13.4. The molecule has 1 aromatic carbocycles. The SMILES string of the molecule is COc1cccc(CC2CC(C)(C)CCC2N)c1. The van der Waals surface area contributed by atoms with Crippen LogP contribution in [0.1, 0.15) is 38.7 Å². The lowest BCUT2D eigenvalue weighted by Crippen LogP contribution is -2.40. The molecule has 1 aliphatic carbocycles. The highest BCUT2D eigenvalue weighted by Crippen LogP contribution is 2.39. The van der Waals surface area contributed by atoms with E-state index in [1.807, 2.05) is 6.07 Å². The Morgan fingerprint density at radius 2 is 2.17 bits per heavy atom. The molecular weight excluding hydrogens is 222 g/mol. The third kappa shape index (κ3) is 3.26. The van der Waals surface area contributed by atoms with Crippen LogP contribution in [0.3, 0.4) is 0 Å². The van der Waals surface area contributed by atoms with Gasteiger partial charge in [-0.3, -0.25) is 0 Å². The molecule has 0 bridgehead atoms. The highest BCUT2D eigenvalue weighted by Gasteiger charge is 2.32. The van der Waals surface area contributed by atoms with Crippen molar-refractivity contribution in [2.75, 3.05) is 7.11 Å². The predicted molar refractivity (Wildman–Crippen MR) is 75.8 cm³/mol. The Labute approximate surface area is 111 Å². The molecule has 0 spiro atoms. The van der Waals surface area contributed by atoms with E-state index >= 15 is 0 Å². The number of hydrogen-bond donors (Lipinski definition) is 1. The van der Waals surface area contributed by atoms with E-state index in [1.54, 1.807) is 7.11 Å². The van der Waals surface area contributed by atoms with Crippen LogP contribution < -0.4 is 10.5 Å². The highest BCUT2D eigenvalue weighted by molar-refractivity contribution is 5.28. The van der Waals surface area contributed by atoms with Gasteiger partial charge in [0.1, 0.15) is 5.75 Å². The topological polar surface area (TPSA) is 35.2 Å². The van der Waals surface area contributed by atoms with Gasteiger partial charge in [0.05, 0.1) is 7.11 Å². The molecule has 2 heteroatoms. The molecule has 0 aliphatic heterocycles. The second kappa shape index (κ2) is 5.31. The maximum absolute atomic E-state index is 6.29. The van der Waals surface area contributed by atoms with Crippen LogP contribution in [-0.2, 0) is 6.42 Å². The van der Waals surface area contributed by atoms with Gasteiger partial charge in [-0.15, -0.1) is 0 Å². The van der Waals surface area contributed by atoms with Gasteiger partial charge >= 0.3 is 0 Å². The maximum atomic E-state index is 6.29. The van der Waals surface area contributed by atoms with Gasteiger partial charge in [0, 0.05) is 6.04 Å². The van der Waals surface area contributed by atoms with Crippen LogP contribution in [-0.4, -0.2) is 13.2 Å². The van der Waals surface area contributed by atoms with Gasteiger partial charge in [0.2, 0.25) is 0 Å². The van der Waals surface area contributed by atoms with Crippen molar-refractivity contribution in [1.29, 1.82) is 0 Å². The standard InChI is InChI=1S/C16H25NO/c1-16(2)8-7-15(17)13(11-16)9-12-5-4-6-14(10-12)18-3/h4-6,10,13,15H,7-9,11,17H2,1-3H3. The molecule has 1 fully saturated rings. The van der Waals surface area contributed by atoms with E-state index in [1.165, 1.54) is 18.4 Å². The summed E-state index contributed by atoms with van der Waals surface area (Å²) in [4.78, 5) is 0. The number of hydrogen-bond acceptors (Lipinski definition) is 2. The van der Waals surface area contributed by atoms with Crippen molar-refractivity contribution in [2.45, 2.75) is 45.6 Å². The Kier molecular flexibility index (Phi) is 3.96. The summed E-state index contributed by atoms with van der Waals surface area (Å²) in [5.41, 5.74) is 8.07. The quantitative estimate of drug-likeness (QED) is 0.888. The lowest BCUT2D eigenvalue weighted by molar-refractivity contribution is 0.157. The average Bonchev–Trinajstić information content (AvgIpc) is 2.34. The van der Waals surface area contributed by atoms with Crippen LogP contribution in [0.25, 0.3) is 0 Å². The van der Waals surface area contributed by atoms with Crippen LogP contribution in [0.5, 0.6) is 5.75 Å². The van der Waals surface area contributed by atoms with Gasteiger partial charge in [0.25, 0.3) is 0 Å². The summed E-state index contributed by atoms with van der Waals surface area (Å²) in [6.45, 7) is 4.72. The predicted octanol–water partition coefficient (Wildman–Crippen LogP) is 3.39. The summed E-state index contributed by atoms with van der Waals surface area (Å²) >= 11 is 0. The summed E-state index contributed by atoms with van der Waals surface area (Å²) in [6.07, 6.45) is 4.71. The first-order chi connectivity index (χ1) is 8.50. The van der Waals surface area contributed by atoms with Gasteiger partial charge < -0.3 is 10.5 Å². The number of benzene rings is 1. The van der Waals surface area contributed by atoms with E-state index in [-0.39, 0.29) is 0 Å². The van der Waals surface area contributed by atoms with Gasteiger partial charge in [-0.05, 0) is 54.7 Å². The van der Waals surface area contributed by atoms with E-state index in [2.05, 4.69) is 32.0 Å². The van der Waals surface area contributed by atoms with Crippen molar-refractivity contribution in [3.05, 3.63) is 29.8 Å². The van der Waals surface area contributed by atoms with Crippen molar-refractivity contribution in [3.63, 3.8) is 0 Å². The van der Waals surface area contributed by atoms with E-state index in [0.717, 1.165) is 18.6 Å². The van der Waals surface area contributed by atoms with Gasteiger partial charge in [0.15, 0.2) is 0 Å². The molecule has 0 amide bonds. The zero-order chi connectivity index (χ0) is 13.2. The molecule has 2 N–H and O–H groups in total. The number of ether oxygens (including phenoxy) is 1. The number of methoxy groups -OCH3 is 1. The fraction of sp³-hybridized carbons (Fsp3) is 0.625. The van der Waals surface area contributed by atoms with Crippen molar-refractivity contribution in [3.8, 4) is 5.75 Å². The fourth-order valence-electron chi connectivity index (χ4n) is 3.08. The van der Waals surface area contributed by atoms with Crippen molar-refractivity contribution >= 4 is 0 Å². The molecule has 0 heterocycles. The Hall–Kier alpha value is -1.02. The second-order valence-corrected chi connectivity index (χ2v) is 6.39. The maximum Gasteiger partial charge on any atom is 0.119 e. The third-order valence-corrected chi connectivity index (χ3v) is 4.21. The Bertz CT molecular complexity index is 400. The monoisotopic (exact) mass is 247 g/mol. The first-order valence-electron chi connectivity index (χ1n) is 6.89. The largest absolute Gasteiger partial charge is 0.497 e. The highest BCUT2D eigenvalue weighted by atomic mass is 16.5. The summed E-state index contributed by atoms with van der Waals surface area (Å²) in [7, 11) is 1.72. The van der Waals surface area contributed by atoms with Crippen LogP contribution in [0.15, 0.2) is 24.3 Å². The lowest BCUT2D eigenvalue weighted by Gasteiger charge is -2.39. The lowest BCUT2D eigenvalue weighted by atomic mass is 9.68.